The first-order valence-corrected chi connectivity index (χ1v) is 12.2. The SMILES string of the molecule is NC(COP(O)O)c1nnc(-c2ccc(OCCCCOc3ccccc3F)c(C(F)(F)F)c2)s1. The van der Waals surface area contributed by atoms with Crippen molar-refractivity contribution in [3.05, 3.63) is 58.9 Å². The highest BCUT2D eigenvalue weighted by Gasteiger charge is 2.35. The third-order valence-electron chi connectivity index (χ3n) is 4.55. The second-order valence-electron chi connectivity index (χ2n) is 7.14. The molecule has 0 fully saturated rings. The highest BCUT2D eigenvalue weighted by Crippen LogP contribution is 2.39. The minimum absolute atomic E-state index is 0.0130. The Bertz CT molecular complexity index is 1100. The summed E-state index contributed by atoms with van der Waals surface area (Å²) in [5, 5.41) is 8.20. The van der Waals surface area contributed by atoms with Gasteiger partial charge in [0.15, 0.2) is 11.6 Å². The maximum atomic E-state index is 13.7. The zero-order chi connectivity index (χ0) is 25.4. The highest BCUT2D eigenvalue weighted by atomic mass is 32.1. The summed E-state index contributed by atoms with van der Waals surface area (Å²) in [5.74, 6) is -0.699. The first-order valence-electron chi connectivity index (χ1n) is 10.3. The molecule has 1 atom stereocenters. The molecule has 0 saturated carbocycles. The quantitative estimate of drug-likeness (QED) is 0.171. The molecule has 190 valence electrons. The van der Waals surface area contributed by atoms with Gasteiger partial charge in [0.25, 0.3) is 0 Å². The van der Waals surface area contributed by atoms with E-state index in [1.165, 1.54) is 24.3 Å². The zero-order valence-corrected chi connectivity index (χ0v) is 19.8. The number of nitrogens with two attached hydrogens (primary N) is 1. The van der Waals surface area contributed by atoms with Crippen molar-refractivity contribution in [2.24, 2.45) is 5.73 Å². The van der Waals surface area contributed by atoms with Crippen LogP contribution in [-0.4, -0.2) is 39.8 Å². The Morgan fingerprint density at radius 1 is 1.00 bits per heavy atom. The number of ether oxygens (including phenoxy) is 2. The maximum Gasteiger partial charge on any atom is 0.419 e. The number of nitrogens with zero attached hydrogens (tertiary/aromatic N) is 2. The minimum atomic E-state index is -4.67. The summed E-state index contributed by atoms with van der Waals surface area (Å²) in [5.41, 5.74) is 5.04. The van der Waals surface area contributed by atoms with E-state index in [-0.39, 0.29) is 46.9 Å². The maximum absolute atomic E-state index is 13.7. The van der Waals surface area contributed by atoms with Crippen LogP contribution in [0.2, 0.25) is 0 Å². The van der Waals surface area contributed by atoms with Crippen LogP contribution in [0.1, 0.15) is 29.5 Å². The Hall–Kier alpha value is -2.41. The average molecular weight is 535 g/mol. The number of para-hydroxylation sites is 1. The lowest BCUT2D eigenvalue weighted by Gasteiger charge is -2.15. The summed E-state index contributed by atoms with van der Waals surface area (Å²) in [7, 11) is -2.59. The van der Waals surface area contributed by atoms with Crippen molar-refractivity contribution in [3.63, 3.8) is 0 Å². The van der Waals surface area contributed by atoms with Crippen LogP contribution in [0, 0.1) is 5.82 Å². The molecule has 0 bridgehead atoms. The third kappa shape index (κ3) is 8.06. The van der Waals surface area contributed by atoms with Crippen molar-refractivity contribution in [1.82, 2.24) is 10.2 Å². The van der Waals surface area contributed by atoms with Crippen molar-refractivity contribution in [3.8, 4) is 22.1 Å². The number of aromatic nitrogens is 2. The molecule has 2 aromatic carbocycles. The molecule has 0 aliphatic carbocycles. The van der Waals surface area contributed by atoms with E-state index in [1.54, 1.807) is 12.1 Å². The van der Waals surface area contributed by atoms with E-state index in [0.717, 1.165) is 17.4 Å². The summed E-state index contributed by atoms with van der Waals surface area (Å²) < 4.78 is 69.8. The highest BCUT2D eigenvalue weighted by molar-refractivity contribution is 7.39. The zero-order valence-electron chi connectivity index (χ0n) is 18.1. The van der Waals surface area contributed by atoms with E-state index in [2.05, 4.69) is 14.7 Å². The van der Waals surface area contributed by atoms with E-state index in [4.69, 9.17) is 25.0 Å². The largest absolute Gasteiger partial charge is 0.493 e. The normalized spacial score (nSPS) is 12.7. The van der Waals surface area contributed by atoms with Crippen molar-refractivity contribution in [2.75, 3.05) is 19.8 Å². The predicted octanol–water partition coefficient (Wildman–Crippen LogP) is 4.83. The van der Waals surface area contributed by atoms with Gasteiger partial charge in [-0.3, -0.25) is 0 Å². The van der Waals surface area contributed by atoms with Gasteiger partial charge in [0.05, 0.1) is 31.4 Å². The van der Waals surface area contributed by atoms with Crippen LogP contribution in [-0.2, 0) is 10.7 Å². The minimum Gasteiger partial charge on any atom is -0.493 e. The summed E-state index contributed by atoms with van der Waals surface area (Å²) in [6.45, 7) is -0.0292. The van der Waals surface area contributed by atoms with Crippen LogP contribution < -0.4 is 15.2 Å². The van der Waals surface area contributed by atoms with E-state index in [1.807, 2.05) is 0 Å². The van der Waals surface area contributed by atoms with Crippen LogP contribution in [0.25, 0.3) is 10.6 Å². The molecule has 35 heavy (non-hydrogen) atoms. The molecular formula is C21H22F4N3O5PS. The fourth-order valence-corrected chi connectivity index (χ4v) is 3.98. The molecule has 0 saturated heterocycles. The number of rotatable bonds is 12. The third-order valence-corrected chi connectivity index (χ3v) is 6.03. The van der Waals surface area contributed by atoms with E-state index < -0.39 is 32.2 Å². The fraction of sp³-hybridized carbons (Fsp3) is 0.333. The van der Waals surface area contributed by atoms with Crippen molar-refractivity contribution in [1.29, 1.82) is 0 Å². The molecule has 3 rings (SSSR count). The monoisotopic (exact) mass is 535 g/mol. The molecule has 0 amide bonds. The number of hydrogen-bond donors (Lipinski definition) is 3. The molecule has 0 spiro atoms. The van der Waals surface area contributed by atoms with Gasteiger partial charge in [0.1, 0.15) is 15.8 Å². The van der Waals surface area contributed by atoms with Gasteiger partial charge >= 0.3 is 14.8 Å². The molecular weight excluding hydrogens is 513 g/mol. The Labute approximate surface area is 203 Å². The van der Waals surface area contributed by atoms with Gasteiger partial charge < -0.3 is 29.5 Å². The molecule has 1 heterocycles. The standard InChI is InChI=1S/C21H22F4N3O5PS/c22-15-5-1-2-6-18(15)32-10-4-3-9-31-17-8-7-13(11-14(17)21(23,24)25)19-27-28-20(35-19)16(26)12-33-34(29)30/h1-2,5-8,11,16,29-30H,3-4,9-10,12,26H2. The van der Waals surface area contributed by atoms with Gasteiger partial charge in [-0.05, 0) is 43.2 Å². The van der Waals surface area contributed by atoms with Gasteiger partial charge in [-0.15, -0.1) is 10.2 Å². The molecule has 4 N–H and O–H groups in total. The number of benzene rings is 2. The summed E-state index contributed by atoms with van der Waals surface area (Å²) in [4.78, 5) is 17.6. The molecule has 0 aliphatic heterocycles. The van der Waals surface area contributed by atoms with Crippen LogP contribution in [0.4, 0.5) is 17.6 Å². The Kier molecular flexibility index (Phi) is 9.72. The molecule has 1 unspecified atom stereocenters. The van der Waals surface area contributed by atoms with E-state index in [0.29, 0.717) is 12.8 Å². The molecule has 8 nitrogen and oxygen atoms in total. The van der Waals surface area contributed by atoms with Crippen molar-refractivity contribution >= 4 is 19.9 Å². The topological polar surface area (TPSA) is 120 Å². The van der Waals surface area contributed by atoms with E-state index in [9.17, 15) is 17.6 Å². The number of halogens is 4. The second kappa shape index (κ2) is 12.5. The molecule has 0 aliphatic rings. The van der Waals surface area contributed by atoms with Gasteiger partial charge in [-0.25, -0.2) is 4.39 Å². The van der Waals surface area contributed by atoms with E-state index >= 15 is 0 Å². The van der Waals surface area contributed by atoms with Crippen LogP contribution in [0.15, 0.2) is 42.5 Å². The van der Waals surface area contributed by atoms with Crippen LogP contribution in [0.3, 0.4) is 0 Å². The first-order chi connectivity index (χ1) is 16.6. The number of hydrogen-bond acceptors (Lipinski definition) is 9. The average Bonchev–Trinajstić information content (AvgIpc) is 3.30. The second-order valence-corrected chi connectivity index (χ2v) is 8.92. The Balaban J connectivity index is 1.59. The van der Waals surface area contributed by atoms with Gasteiger partial charge in [0.2, 0.25) is 0 Å². The summed E-state index contributed by atoms with van der Waals surface area (Å²) >= 11 is 0.965. The lowest BCUT2D eigenvalue weighted by molar-refractivity contribution is -0.138. The lowest BCUT2D eigenvalue weighted by Crippen LogP contribution is -2.15. The summed E-state index contributed by atoms with van der Waals surface area (Å²) in [6, 6.07) is 8.68. The number of unbranched alkanes of at least 4 members (excludes halogenated alkanes) is 1. The van der Waals surface area contributed by atoms with Gasteiger partial charge in [-0.1, -0.05) is 23.5 Å². The van der Waals surface area contributed by atoms with Gasteiger partial charge in [0, 0.05) is 5.56 Å². The van der Waals surface area contributed by atoms with Crippen LogP contribution in [0.5, 0.6) is 11.5 Å². The van der Waals surface area contributed by atoms with Crippen molar-refractivity contribution in [2.45, 2.75) is 25.1 Å². The first kappa shape index (κ1) is 27.2. The fourth-order valence-electron chi connectivity index (χ4n) is 2.86. The molecule has 1 aromatic heterocycles. The Morgan fingerprint density at radius 3 is 2.34 bits per heavy atom. The number of alkyl halides is 3. The van der Waals surface area contributed by atoms with Crippen LogP contribution >= 0.6 is 19.9 Å². The van der Waals surface area contributed by atoms with Gasteiger partial charge in [-0.2, -0.15) is 13.2 Å². The molecule has 0 radical (unpaired) electrons. The summed E-state index contributed by atoms with van der Waals surface area (Å²) in [6.07, 6.45) is -3.81. The molecule has 3 aromatic rings. The predicted molar refractivity (Wildman–Crippen MR) is 121 cm³/mol. The molecule has 14 heteroatoms. The lowest BCUT2D eigenvalue weighted by atomic mass is 10.1. The Morgan fingerprint density at radius 2 is 1.69 bits per heavy atom. The smallest absolute Gasteiger partial charge is 0.419 e. The van der Waals surface area contributed by atoms with Crippen molar-refractivity contribution < 1.29 is 41.3 Å².